The molecule has 234 valence electrons. The van der Waals surface area contributed by atoms with Gasteiger partial charge in [-0.05, 0) is 62.1 Å². The van der Waals surface area contributed by atoms with Crippen LogP contribution < -0.4 is 20.7 Å². The van der Waals surface area contributed by atoms with E-state index in [1.807, 2.05) is 5.32 Å². The van der Waals surface area contributed by atoms with Crippen LogP contribution >= 0.6 is 11.6 Å². The van der Waals surface area contributed by atoms with Gasteiger partial charge in [-0.3, -0.25) is 0 Å². The molecule has 0 atom stereocenters. The summed E-state index contributed by atoms with van der Waals surface area (Å²) >= 11 is 6.37. The van der Waals surface area contributed by atoms with Crippen LogP contribution in [0, 0.1) is 6.92 Å². The molecule has 0 amide bonds. The van der Waals surface area contributed by atoms with Gasteiger partial charge in [0.25, 0.3) is 0 Å². The maximum Gasteiger partial charge on any atom is 0.229 e. The molecule has 0 radical (unpaired) electrons. The number of halogens is 1. The lowest BCUT2D eigenvalue weighted by molar-refractivity contribution is -0.313. The van der Waals surface area contributed by atoms with E-state index in [1.165, 1.54) is 26.1 Å². The Labute approximate surface area is 254 Å². The van der Waals surface area contributed by atoms with Crippen molar-refractivity contribution >= 4 is 44.6 Å². The molecule has 43 heavy (non-hydrogen) atoms. The minimum atomic E-state index is -3.63. The van der Waals surface area contributed by atoms with Gasteiger partial charge in [0, 0.05) is 26.7 Å². The number of aliphatic hydroxyl groups is 5. The second-order valence-corrected chi connectivity index (χ2v) is 14.2. The van der Waals surface area contributed by atoms with Gasteiger partial charge in [-0.1, -0.05) is 23.7 Å². The summed E-state index contributed by atoms with van der Waals surface area (Å²) in [6.07, 6.45) is 0.819. The number of para-hydroxylation sites is 1. The summed E-state index contributed by atoms with van der Waals surface area (Å²) in [6, 6.07) is 9.60. The van der Waals surface area contributed by atoms with E-state index >= 15 is 0 Å². The average Bonchev–Trinajstić information content (AvgIpc) is 2.85. The Balaban J connectivity index is 1.71. The van der Waals surface area contributed by atoms with E-state index in [0.717, 1.165) is 0 Å². The van der Waals surface area contributed by atoms with Crippen LogP contribution in [0.5, 0.6) is 5.75 Å². The summed E-state index contributed by atoms with van der Waals surface area (Å²) in [5.74, 6) is -7.11. The van der Waals surface area contributed by atoms with Crippen molar-refractivity contribution in [3.05, 3.63) is 58.7 Å². The Kier molecular flexibility index (Phi) is 8.99. The fourth-order valence-corrected chi connectivity index (χ4v) is 6.17. The number of nitrogens with one attached hydrogen (secondary N) is 3. The Morgan fingerprint density at radius 1 is 1.07 bits per heavy atom. The van der Waals surface area contributed by atoms with Crippen molar-refractivity contribution in [2.75, 3.05) is 10.6 Å². The molecular weight excluding hydrogens is 602 g/mol. The fourth-order valence-electron chi connectivity index (χ4n) is 4.83. The van der Waals surface area contributed by atoms with Crippen molar-refractivity contribution < 1.29 is 38.7 Å². The van der Waals surface area contributed by atoms with Crippen LogP contribution in [-0.4, -0.2) is 66.8 Å². The van der Waals surface area contributed by atoms with Gasteiger partial charge in [0.05, 0.1) is 27.7 Å². The SMILES string of the molecule is Cc1cc(Nc2ncc(Cl)c(Nc3ccccc3S(=O)(=O)C(C)C)n2)c(OC(C)(C)O)cc1C1CC(O)(O)NC(O)(O)C1. The normalized spacial score (nSPS) is 17.1. The van der Waals surface area contributed by atoms with Crippen molar-refractivity contribution in [2.24, 2.45) is 0 Å². The van der Waals surface area contributed by atoms with Gasteiger partial charge in [-0.15, -0.1) is 0 Å². The third-order valence-corrected chi connectivity index (χ3v) is 9.17. The molecule has 1 aliphatic rings. The van der Waals surface area contributed by atoms with Crippen molar-refractivity contribution in [1.82, 2.24) is 15.3 Å². The molecule has 13 nitrogen and oxygen atoms in total. The van der Waals surface area contributed by atoms with E-state index in [-0.39, 0.29) is 46.0 Å². The molecule has 0 bridgehead atoms. The van der Waals surface area contributed by atoms with E-state index in [2.05, 4.69) is 20.6 Å². The third-order valence-electron chi connectivity index (χ3n) is 6.69. The topological polar surface area (TPSA) is 206 Å². The Bertz CT molecular complexity index is 1590. The van der Waals surface area contributed by atoms with Gasteiger partial charge in [-0.25, -0.2) is 18.7 Å². The minimum absolute atomic E-state index is 0.0557. The molecule has 4 rings (SSSR count). The second kappa shape index (κ2) is 11.8. The number of ether oxygens (including phenoxy) is 1. The smallest absolute Gasteiger partial charge is 0.229 e. The zero-order valence-corrected chi connectivity index (χ0v) is 25.8. The first kappa shape index (κ1) is 32.8. The first-order valence-electron chi connectivity index (χ1n) is 13.4. The van der Waals surface area contributed by atoms with Crippen molar-refractivity contribution in [3.8, 4) is 5.75 Å². The van der Waals surface area contributed by atoms with Gasteiger partial charge >= 0.3 is 0 Å². The summed E-state index contributed by atoms with van der Waals surface area (Å²) in [4.78, 5) is 8.74. The number of sulfone groups is 1. The largest absolute Gasteiger partial charge is 0.461 e. The van der Waals surface area contributed by atoms with Crippen LogP contribution in [-0.2, 0) is 9.84 Å². The van der Waals surface area contributed by atoms with E-state index in [4.69, 9.17) is 16.3 Å². The molecule has 8 N–H and O–H groups in total. The van der Waals surface area contributed by atoms with E-state index < -0.39 is 38.6 Å². The Morgan fingerprint density at radius 2 is 1.70 bits per heavy atom. The lowest BCUT2D eigenvalue weighted by Gasteiger charge is -2.41. The molecule has 3 aromatic rings. The van der Waals surface area contributed by atoms with Gasteiger partial charge in [0.1, 0.15) is 10.8 Å². The first-order chi connectivity index (χ1) is 19.8. The molecule has 1 aromatic heterocycles. The lowest BCUT2D eigenvalue weighted by Crippen LogP contribution is -2.63. The van der Waals surface area contributed by atoms with Crippen LogP contribution in [0.3, 0.4) is 0 Å². The van der Waals surface area contributed by atoms with Crippen molar-refractivity contribution in [3.63, 3.8) is 0 Å². The van der Waals surface area contributed by atoms with Crippen LogP contribution in [0.25, 0.3) is 0 Å². The summed E-state index contributed by atoms with van der Waals surface area (Å²) in [7, 11) is -3.63. The number of piperidine rings is 1. The zero-order chi connectivity index (χ0) is 32.0. The van der Waals surface area contributed by atoms with Gasteiger partial charge < -0.3 is 40.9 Å². The molecule has 0 spiro atoms. The van der Waals surface area contributed by atoms with E-state index in [9.17, 15) is 34.0 Å². The third kappa shape index (κ3) is 7.91. The minimum Gasteiger partial charge on any atom is -0.461 e. The van der Waals surface area contributed by atoms with E-state index in [0.29, 0.717) is 16.8 Å². The number of hydrogen-bond acceptors (Lipinski definition) is 13. The maximum absolute atomic E-state index is 12.9. The molecule has 2 aromatic carbocycles. The monoisotopic (exact) mass is 637 g/mol. The zero-order valence-electron chi connectivity index (χ0n) is 24.3. The summed E-state index contributed by atoms with van der Waals surface area (Å²) in [5, 5.41) is 58.5. The lowest BCUT2D eigenvalue weighted by atomic mass is 9.83. The van der Waals surface area contributed by atoms with Crippen LogP contribution in [0.1, 0.15) is 57.6 Å². The summed E-state index contributed by atoms with van der Waals surface area (Å²) in [5.41, 5.74) is 1.76. The number of aromatic nitrogens is 2. The van der Waals surface area contributed by atoms with Gasteiger partial charge in [-0.2, -0.15) is 4.98 Å². The standard InChI is InChI=1S/C28H36ClN5O8S/c1-15(2)43(40,41)23-9-7-6-8-20(23)31-24-19(29)14-30-25(33-24)32-21-10-16(3)18(11-22(21)42-26(4,5)35)17-12-27(36,37)34-28(38,39)13-17/h6-11,14-15,17,34-39H,12-13H2,1-5H3,(H2,30,31,32,33). The molecule has 1 fully saturated rings. The number of nitrogens with zero attached hydrogens (tertiary/aromatic N) is 2. The number of anilines is 4. The molecule has 15 heteroatoms. The summed E-state index contributed by atoms with van der Waals surface area (Å²) in [6.45, 7) is 7.76. The highest BCUT2D eigenvalue weighted by Gasteiger charge is 2.45. The predicted molar refractivity (Wildman–Crippen MR) is 160 cm³/mol. The highest BCUT2D eigenvalue weighted by atomic mass is 35.5. The molecule has 2 heterocycles. The summed E-state index contributed by atoms with van der Waals surface area (Å²) < 4.78 is 31.6. The number of hydrogen-bond donors (Lipinski definition) is 8. The first-order valence-corrected chi connectivity index (χ1v) is 15.3. The Hall–Kier alpha value is -3.08. The van der Waals surface area contributed by atoms with Crippen LogP contribution in [0.15, 0.2) is 47.5 Å². The van der Waals surface area contributed by atoms with E-state index in [1.54, 1.807) is 51.1 Å². The fraction of sp³-hybridized carbons (Fsp3) is 0.429. The molecule has 1 saturated heterocycles. The average molecular weight is 638 g/mol. The van der Waals surface area contributed by atoms with Crippen LogP contribution in [0.4, 0.5) is 23.1 Å². The Morgan fingerprint density at radius 3 is 2.30 bits per heavy atom. The number of benzene rings is 2. The quantitative estimate of drug-likeness (QED) is 0.159. The number of rotatable bonds is 9. The predicted octanol–water partition coefficient (Wildman–Crippen LogP) is 2.96. The number of aryl methyl sites for hydroxylation is 1. The second-order valence-electron chi connectivity index (χ2n) is 11.3. The molecule has 0 unspecified atom stereocenters. The van der Waals surface area contributed by atoms with Crippen molar-refractivity contribution in [1.29, 1.82) is 0 Å². The molecule has 0 saturated carbocycles. The van der Waals surface area contributed by atoms with Gasteiger partial charge in [0.15, 0.2) is 15.7 Å². The molecule has 1 aliphatic heterocycles. The molecular formula is C28H36ClN5O8S. The molecule has 0 aliphatic carbocycles. The van der Waals surface area contributed by atoms with Crippen molar-refractivity contribution in [2.45, 2.75) is 81.1 Å². The maximum atomic E-state index is 12.9. The van der Waals surface area contributed by atoms with Gasteiger partial charge in [0.2, 0.25) is 23.6 Å². The van der Waals surface area contributed by atoms with Crippen LogP contribution in [0.2, 0.25) is 5.02 Å². The highest BCUT2D eigenvalue weighted by molar-refractivity contribution is 7.92. The highest BCUT2D eigenvalue weighted by Crippen LogP contribution is 2.42.